The Morgan fingerprint density at radius 1 is 1.03 bits per heavy atom. The van der Waals surface area contributed by atoms with E-state index in [1.807, 2.05) is 0 Å². The van der Waals surface area contributed by atoms with E-state index in [1.54, 1.807) is 12.1 Å². The van der Waals surface area contributed by atoms with Crippen molar-refractivity contribution in [3.8, 4) is 0 Å². The Bertz CT molecular complexity index is 1320. The summed E-state index contributed by atoms with van der Waals surface area (Å²) in [5.41, 5.74) is 1.77. The van der Waals surface area contributed by atoms with Gasteiger partial charge in [-0.25, -0.2) is 8.78 Å². The number of Topliss-reactive ketones (excluding diaryl/α,β-unsaturated/α-hetero) is 1. The van der Waals surface area contributed by atoms with Crippen LogP contribution in [0.15, 0.2) is 66.2 Å². The van der Waals surface area contributed by atoms with Gasteiger partial charge in [0.2, 0.25) is 5.78 Å². The zero-order valence-corrected chi connectivity index (χ0v) is 18.1. The van der Waals surface area contributed by atoms with E-state index in [4.69, 9.17) is 11.6 Å². The van der Waals surface area contributed by atoms with Crippen molar-refractivity contribution >= 4 is 41.0 Å². The zero-order valence-electron chi connectivity index (χ0n) is 17.4. The first-order valence-corrected chi connectivity index (χ1v) is 10.3. The highest BCUT2D eigenvalue weighted by molar-refractivity contribution is 6.37. The van der Waals surface area contributed by atoms with Crippen molar-refractivity contribution in [3.63, 3.8) is 0 Å². The Morgan fingerprint density at radius 2 is 1.76 bits per heavy atom. The fraction of sp³-hybridized carbons (Fsp3) is 0.0800. The molecule has 3 aromatic carbocycles. The van der Waals surface area contributed by atoms with Crippen LogP contribution in [0.1, 0.15) is 31.8 Å². The summed E-state index contributed by atoms with van der Waals surface area (Å²) in [4.78, 5) is 39.8. The largest absolute Gasteiger partial charge is 0.348 e. The summed E-state index contributed by atoms with van der Waals surface area (Å²) >= 11 is 5.80. The van der Waals surface area contributed by atoms with Gasteiger partial charge in [-0.1, -0.05) is 29.8 Å². The highest BCUT2D eigenvalue weighted by Gasteiger charge is 2.33. The van der Waals surface area contributed by atoms with E-state index in [9.17, 15) is 23.2 Å². The molecule has 0 spiro atoms. The van der Waals surface area contributed by atoms with E-state index >= 15 is 0 Å². The molecule has 0 fully saturated rings. The second-order valence-corrected chi connectivity index (χ2v) is 7.87. The SMILES string of the molecule is CN1C(=O)/C(=C\c2ccc(F)c(Cl)c2)C(=O)c2cc(C(=O)NCc3ccc(F)cc3)ccc21. The topological polar surface area (TPSA) is 66.5 Å². The predicted octanol–water partition coefficient (Wildman–Crippen LogP) is 4.79. The number of ketones is 1. The molecule has 1 N–H and O–H groups in total. The van der Waals surface area contributed by atoms with Gasteiger partial charge in [0.1, 0.15) is 11.6 Å². The molecule has 0 aliphatic carbocycles. The molecule has 3 aromatic rings. The summed E-state index contributed by atoms with van der Waals surface area (Å²) in [6.45, 7) is 0.180. The van der Waals surface area contributed by atoms with E-state index < -0.39 is 23.4 Å². The quantitative estimate of drug-likeness (QED) is 0.444. The van der Waals surface area contributed by atoms with Gasteiger partial charge in [0, 0.05) is 24.7 Å². The van der Waals surface area contributed by atoms with Crippen LogP contribution in [0, 0.1) is 11.6 Å². The summed E-state index contributed by atoms with van der Waals surface area (Å²) < 4.78 is 26.5. The normalized spacial score (nSPS) is 14.4. The maximum Gasteiger partial charge on any atom is 0.262 e. The summed E-state index contributed by atoms with van der Waals surface area (Å²) in [5.74, 6) is -2.49. The first-order valence-electron chi connectivity index (χ1n) is 9.91. The Balaban J connectivity index is 1.62. The van der Waals surface area contributed by atoms with E-state index in [0.717, 1.165) is 6.07 Å². The number of carbonyl (C=O) groups is 3. The Kier molecular flexibility index (Phi) is 6.07. The fourth-order valence-electron chi connectivity index (χ4n) is 3.47. The molecular weight excluding hydrogens is 450 g/mol. The minimum Gasteiger partial charge on any atom is -0.348 e. The van der Waals surface area contributed by atoms with Crippen LogP contribution < -0.4 is 10.2 Å². The second-order valence-electron chi connectivity index (χ2n) is 7.47. The van der Waals surface area contributed by atoms with Gasteiger partial charge in [-0.2, -0.15) is 0 Å². The maximum absolute atomic E-state index is 13.4. The third-order valence-electron chi connectivity index (χ3n) is 5.27. The van der Waals surface area contributed by atoms with Gasteiger partial charge in [-0.05, 0) is 59.7 Å². The Labute approximate surface area is 193 Å². The van der Waals surface area contributed by atoms with E-state index in [-0.39, 0.29) is 34.1 Å². The van der Waals surface area contributed by atoms with Crippen LogP contribution in [0.4, 0.5) is 14.5 Å². The lowest BCUT2D eigenvalue weighted by Gasteiger charge is -2.27. The molecule has 33 heavy (non-hydrogen) atoms. The third kappa shape index (κ3) is 4.54. The number of halogens is 3. The predicted molar refractivity (Wildman–Crippen MR) is 121 cm³/mol. The van der Waals surface area contributed by atoms with Gasteiger partial charge in [0.15, 0.2) is 0 Å². The highest BCUT2D eigenvalue weighted by Crippen LogP contribution is 2.31. The van der Waals surface area contributed by atoms with Gasteiger partial charge in [-0.3, -0.25) is 14.4 Å². The fourth-order valence-corrected chi connectivity index (χ4v) is 3.66. The standard InChI is InChI=1S/C25H17ClF2N2O3/c1-30-22-9-5-16(24(32)29-13-14-2-6-17(27)7-3-14)12-18(22)23(31)19(25(30)33)10-15-4-8-21(28)20(26)11-15/h2-12H,13H2,1H3,(H,29,32)/b19-10-. The molecule has 0 radical (unpaired) electrons. The summed E-state index contributed by atoms with van der Waals surface area (Å²) in [5, 5.41) is 2.59. The number of amides is 2. The lowest BCUT2D eigenvalue weighted by atomic mass is 9.92. The highest BCUT2D eigenvalue weighted by atomic mass is 35.5. The van der Waals surface area contributed by atoms with Crippen LogP contribution >= 0.6 is 11.6 Å². The number of hydrogen-bond donors (Lipinski definition) is 1. The maximum atomic E-state index is 13.4. The van der Waals surface area contributed by atoms with E-state index in [0.29, 0.717) is 16.8 Å². The number of hydrogen-bond acceptors (Lipinski definition) is 3. The van der Waals surface area contributed by atoms with Crippen LogP contribution in [0.3, 0.4) is 0 Å². The molecule has 166 valence electrons. The minimum atomic E-state index is -0.612. The molecule has 0 unspecified atom stereocenters. The van der Waals surface area contributed by atoms with Crippen LogP contribution in [0.5, 0.6) is 0 Å². The van der Waals surface area contributed by atoms with Crippen LogP contribution in [0.2, 0.25) is 5.02 Å². The van der Waals surface area contributed by atoms with Crippen molar-refractivity contribution in [1.29, 1.82) is 0 Å². The monoisotopic (exact) mass is 466 g/mol. The zero-order chi connectivity index (χ0) is 23.7. The summed E-state index contributed by atoms with van der Waals surface area (Å²) in [6, 6.07) is 14.1. The van der Waals surface area contributed by atoms with E-state index in [1.165, 1.54) is 60.5 Å². The van der Waals surface area contributed by atoms with Crippen LogP contribution in [-0.4, -0.2) is 24.6 Å². The number of benzene rings is 3. The third-order valence-corrected chi connectivity index (χ3v) is 5.56. The van der Waals surface area contributed by atoms with Gasteiger partial charge < -0.3 is 10.2 Å². The smallest absolute Gasteiger partial charge is 0.262 e. The first-order chi connectivity index (χ1) is 15.7. The van der Waals surface area contributed by atoms with Crippen molar-refractivity contribution in [2.75, 3.05) is 11.9 Å². The van der Waals surface area contributed by atoms with Crippen LogP contribution in [-0.2, 0) is 11.3 Å². The lowest BCUT2D eigenvalue weighted by Crippen LogP contribution is -2.37. The average Bonchev–Trinajstić information content (AvgIpc) is 2.81. The molecule has 4 rings (SSSR count). The number of rotatable bonds is 4. The van der Waals surface area contributed by atoms with Crippen molar-refractivity contribution in [2.45, 2.75) is 6.54 Å². The lowest BCUT2D eigenvalue weighted by molar-refractivity contribution is -0.114. The van der Waals surface area contributed by atoms with Crippen LogP contribution in [0.25, 0.3) is 6.08 Å². The Morgan fingerprint density at radius 3 is 2.45 bits per heavy atom. The molecule has 0 bridgehead atoms. The molecule has 5 nitrogen and oxygen atoms in total. The van der Waals surface area contributed by atoms with Gasteiger partial charge in [-0.15, -0.1) is 0 Å². The molecule has 0 aromatic heterocycles. The molecule has 0 saturated carbocycles. The summed E-state index contributed by atoms with van der Waals surface area (Å²) in [7, 11) is 1.52. The molecular formula is C25H17ClF2N2O3. The molecule has 2 amide bonds. The number of anilines is 1. The van der Waals surface area contributed by atoms with Crippen molar-refractivity contribution in [1.82, 2.24) is 5.32 Å². The van der Waals surface area contributed by atoms with Gasteiger partial charge in [0.05, 0.1) is 16.3 Å². The van der Waals surface area contributed by atoms with Crippen molar-refractivity contribution < 1.29 is 23.2 Å². The Hall–Kier alpha value is -3.84. The van der Waals surface area contributed by atoms with Gasteiger partial charge in [0.25, 0.3) is 11.8 Å². The summed E-state index contributed by atoms with van der Waals surface area (Å²) in [6.07, 6.45) is 1.34. The number of nitrogens with one attached hydrogen (secondary N) is 1. The second kappa shape index (κ2) is 8.96. The number of likely N-dealkylation sites (N-methyl/N-ethyl adjacent to an activating group) is 1. The molecule has 1 aliphatic heterocycles. The minimum absolute atomic E-state index is 0.128. The van der Waals surface area contributed by atoms with Crippen molar-refractivity contribution in [3.05, 3.63) is 105 Å². The number of nitrogens with zero attached hydrogens (tertiary/aromatic N) is 1. The van der Waals surface area contributed by atoms with Gasteiger partial charge >= 0.3 is 0 Å². The molecule has 8 heteroatoms. The molecule has 0 atom stereocenters. The van der Waals surface area contributed by atoms with Crippen molar-refractivity contribution in [2.24, 2.45) is 0 Å². The molecule has 1 aliphatic rings. The van der Waals surface area contributed by atoms with E-state index in [2.05, 4.69) is 5.32 Å². The molecule has 0 saturated heterocycles. The average molecular weight is 467 g/mol. The molecule has 1 heterocycles. The first kappa shape index (κ1) is 22.4. The number of fused-ring (bicyclic) bond motifs is 1. The number of carbonyl (C=O) groups excluding carboxylic acids is 3.